The maximum Gasteiger partial charge on any atom is 0.329 e. The van der Waals surface area contributed by atoms with E-state index in [4.69, 9.17) is 5.73 Å². The van der Waals surface area contributed by atoms with E-state index in [9.17, 15) is 19.5 Å². The molecule has 0 heterocycles. The normalized spacial score (nSPS) is 11.2. The highest BCUT2D eigenvalue weighted by Crippen LogP contribution is 2.16. The molecule has 110 valence electrons. The molecule has 0 aliphatic rings. The van der Waals surface area contributed by atoms with Crippen molar-refractivity contribution in [2.75, 3.05) is 6.54 Å². The number of nitrogens with one attached hydrogen (secondary N) is 1. The van der Waals surface area contributed by atoms with Crippen molar-refractivity contribution < 1.29 is 19.5 Å². The molecule has 0 fully saturated rings. The quantitative estimate of drug-likeness (QED) is 0.628. The van der Waals surface area contributed by atoms with Gasteiger partial charge in [-0.05, 0) is 26.7 Å². The highest BCUT2D eigenvalue weighted by Gasteiger charge is 2.38. The van der Waals surface area contributed by atoms with Gasteiger partial charge in [-0.3, -0.25) is 4.79 Å². The minimum absolute atomic E-state index is 0.243. The van der Waals surface area contributed by atoms with Crippen LogP contribution in [0.3, 0.4) is 0 Å². The SMILES string of the molecule is CCC(CC)(NC(=O)N(CC(N)=O)C(C)C)C(=O)O. The molecular weight excluding hydrogens is 250 g/mol. The molecule has 0 saturated carbocycles. The van der Waals surface area contributed by atoms with E-state index in [0.717, 1.165) is 0 Å². The van der Waals surface area contributed by atoms with E-state index in [1.807, 2.05) is 0 Å². The van der Waals surface area contributed by atoms with Crippen LogP contribution >= 0.6 is 0 Å². The van der Waals surface area contributed by atoms with Gasteiger partial charge in [0.1, 0.15) is 12.1 Å². The summed E-state index contributed by atoms with van der Waals surface area (Å²) in [4.78, 5) is 35.6. The lowest BCUT2D eigenvalue weighted by atomic mass is 9.93. The fourth-order valence-corrected chi connectivity index (χ4v) is 1.72. The highest BCUT2D eigenvalue weighted by atomic mass is 16.4. The van der Waals surface area contributed by atoms with E-state index < -0.39 is 23.4 Å². The van der Waals surface area contributed by atoms with Crippen molar-refractivity contribution in [3.8, 4) is 0 Å². The Morgan fingerprint density at radius 3 is 2.00 bits per heavy atom. The maximum atomic E-state index is 12.1. The Balaban J connectivity index is 5.06. The third-order valence-corrected chi connectivity index (χ3v) is 3.17. The molecule has 0 atom stereocenters. The first kappa shape index (κ1) is 17.2. The van der Waals surface area contributed by atoms with Crippen LogP contribution in [0.2, 0.25) is 0 Å². The average Bonchev–Trinajstić information content (AvgIpc) is 2.31. The summed E-state index contributed by atoms with van der Waals surface area (Å²) in [5.41, 5.74) is 3.76. The van der Waals surface area contributed by atoms with E-state index >= 15 is 0 Å². The molecule has 0 aromatic heterocycles. The van der Waals surface area contributed by atoms with Crippen LogP contribution in [-0.2, 0) is 9.59 Å². The van der Waals surface area contributed by atoms with Crippen LogP contribution < -0.4 is 11.1 Å². The van der Waals surface area contributed by atoms with Gasteiger partial charge in [0.15, 0.2) is 0 Å². The molecule has 7 nitrogen and oxygen atoms in total. The standard InChI is InChI=1S/C12H23N3O4/c1-5-12(6-2,10(17)18)14-11(19)15(8(3)4)7-9(13)16/h8H,5-7H2,1-4H3,(H2,13,16)(H,14,19)(H,17,18). The lowest BCUT2D eigenvalue weighted by Crippen LogP contribution is -2.59. The summed E-state index contributed by atoms with van der Waals surface area (Å²) in [6, 6.07) is -0.854. The number of carboxylic acids is 1. The number of hydrogen-bond acceptors (Lipinski definition) is 3. The van der Waals surface area contributed by atoms with Crippen molar-refractivity contribution in [3.63, 3.8) is 0 Å². The van der Waals surface area contributed by atoms with Crippen LogP contribution in [0.1, 0.15) is 40.5 Å². The number of nitrogens with two attached hydrogens (primary N) is 1. The third kappa shape index (κ3) is 4.42. The molecule has 4 N–H and O–H groups in total. The Labute approximate surface area is 113 Å². The van der Waals surface area contributed by atoms with Gasteiger partial charge in [-0.2, -0.15) is 0 Å². The van der Waals surface area contributed by atoms with Gasteiger partial charge < -0.3 is 21.1 Å². The summed E-state index contributed by atoms with van der Waals surface area (Å²) in [7, 11) is 0. The molecule has 0 aromatic rings. The van der Waals surface area contributed by atoms with Gasteiger partial charge in [0.05, 0.1) is 0 Å². The van der Waals surface area contributed by atoms with E-state index in [1.54, 1.807) is 27.7 Å². The molecule has 3 amide bonds. The number of nitrogens with zero attached hydrogens (tertiary/aromatic N) is 1. The summed E-state index contributed by atoms with van der Waals surface area (Å²) in [5.74, 6) is -1.73. The summed E-state index contributed by atoms with van der Waals surface area (Å²) in [5, 5.41) is 11.7. The Morgan fingerprint density at radius 1 is 1.26 bits per heavy atom. The van der Waals surface area contributed by atoms with Crippen LogP contribution in [0.15, 0.2) is 0 Å². The van der Waals surface area contributed by atoms with Gasteiger partial charge in [0, 0.05) is 6.04 Å². The van der Waals surface area contributed by atoms with E-state index in [2.05, 4.69) is 5.32 Å². The number of carboxylic acid groups (broad SMARTS) is 1. The lowest BCUT2D eigenvalue weighted by Gasteiger charge is -2.33. The van der Waals surface area contributed by atoms with Crippen LogP contribution in [-0.4, -0.2) is 46.0 Å². The first-order valence-electron chi connectivity index (χ1n) is 6.30. The fourth-order valence-electron chi connectivity index (χ4n) is 1.72. The van der Waals surface area contributed by atoms with Crippen LogP contribution in [0.4, 0.5) is 4.79 Å². The molecule has 0 bridgehead atoms. The number of carbonyl (C=O) groups is 3. The first-order valence-corrected chi connectivity index (χ1v) is 6.30. The number of urea groups is 1. The second-order valence-corrected chi connectivity index (χ2v) is 4.71. The van der Waals surface area contributed by atoms with Crippen molar-refractivity contribution in [1.82, 2.24) is 10.2 Å². The molecule has 19 heavy (non-hydrogen) atoms. The fraction of sp³-hybridized carbons (Fsp3) is 0.750. The Hall–Kier alpha value is -1.79. The maximum absolute atomic E-state index is 12.1. The van der Waals surface area contributed by atoms with Crippen LogP contribution in [0.5, 0.6) is 0 Å². The summed E-state index contributed by atoms with van der Waals surface area (Å²) in [6.45, 7) is 6.58. The molecule has 0 aliphatic carbocycles. The molecule has 0 unspecified atom stereocenters. The summed E-state index contributed by atoms with van der Waals surface area (Å²) < 4.78 is 0. The zero-order valence-electron chi connectivity index (χ0n) is 11.9. The van der Waals surface area contributed by atoms with Gasteiger partial charge in [-0.15, -0.1) is 0 Å². The number of aliphatic carboxylic acids is 1. The molecule has 0 radical (unpaired) electrons. The molecule has 0 spiro atoms. The van der Waals surface area contributed by atoms with Crippen LogP contribution in [0.25, 0.3) is 0 Å². The predicted molar refractivity (Wildman–Crippen MR) is 70.5 cm³/mol. The second-order valence-electron chi connectivity index (χ2n) is 4.71. The smallest absolute Gasteiger partial charge is 0.329 e. The van der Waals surface area contributed by atoms with Gasteiger partial charge in [0.2, 0.25) is 5.91 Å². The minimum atomic E-state index is -1.32. The van der Waals surface area contributed by atoms with Crippen LogP contribution in [0, 0.1) is 0 Å². The molecule has 0 aliphatic heterocycles. The monoisotopic (exact) mass is 273 g/mol. The van der Waals surface area contributed by atoms with Gasteiger partial charge >= 0.3 is 12.0 Å². The molecule has 0 rings (SSSR count). The van der Waals surface area contributed by atoms with Gasteiger partial charge in [-0.25, -0.2) is 9.59 Å². The molecule has 7 heteroatoms. The molecular formula is C12H23N3O4. The molecule has 0 saturated heterocycles. The number of hydrogen-bond donors (Lipinski definition) is 3. The summed E-state index contributed by atoms with van der Waals surface area (Å²) >= 11 is 0. The van der Waals surface area contributed by atoms with Gasteiger partial charge in [-0.1, -0.05) is 13.8 Å². The highest BCUT2D eigenvalue weighted by molar-refractivity contribution is 5.88. The van der Waals surface area contributed by atoms with Gasteiger partial charge in [0.25, 0.3) is 0 Å². The Bertz CT molecular complexity index is 351. The van der Waals surface area contributed by atoms with E-state index in [0.29, 0.717) is 0 Å². The predicted octanol–water partition coefficient (Wildman–Crippen LogP) is 0.535. The minimum Gasteiger partial charge on any atom is -0.480 e. The number of rotatable bonds is 7. The van der Waals surface area contributed by atoms with E-state index in [1.165, 1.54) is 4.90 Å². The average molecular weight is 273 g/mol. The number of primary amides is 1. The van der Waals surface area contributed by atoms with Crippen molar-refractivity contribution >= 4 is 17.9 Å². The second kappa shape index (κ2) is 6.96. The van der Waals surface area contributed by atoms with Crippen molar-refractivity contribution in [2.45, 2.75) is 52.1 Å². The van der Waals surface area contributed by atoms with Crippen molar-refractivity contribution in [3.05, 3.63) is 0 Å². The number of carbonyl (C=O) groups excluding carboxylic acids is 2. The van der Waals surface area contributed by atoms with E-state index in [-0.39, 0.29) is 25.4 Å². The summed E-state index contributed by atoms with van der Waals surface area (Å²) in [6.07, 6.45) is 0.514. The van der Waals surface area contributed by atoms with Crippen molar-refractivity contribution in [1.29, 1.82) is 0 Å². The topological polar surface area (TPSA) is 113 Å². The lowest BCUT2D eigenvalue weighted by molar-refractivity contribution is -0.144. The largest absolute Gasteiger partial charge is 0.480 e. The Kier molecular flexibility index (Phi) is 6.31. The zero-order chi connectivity index (χ0) is 15.2. The molecule has 0 aromatic carbocycles. The Morgan fingerprint density at radius 2 is 1.74 bits per heavy atom. The number of amides is 3. The van der Waals surface area contributed by atoms with Crippen molar-refractivity contribution in [2.24, 2.45) is 5.73 Å². The third-order valence-electron chi connectivity index (χ3n) is 3.17. The first-order chi connectivity index (χ1) is 8.70. The zero-order valence-corrected chi connectivity index (χ0v) is 11.9.